The average molecular weight is 254 g/mol. The topological polar surface area (TPSA) is 30.2 Å². The predicted octanol–water partition coefficient (Wildman–Crippen LogP) is 3.54. The number of hydrogen-bond acceptors (Lipinski definition) is 2. The van der Waals surface area contributed by atoms with Crippen LogP contribution < -0.4 is 0 Å². The molecule has 0 aliphatic carbocycles. The third kappa shape index (κ3) is 2.03. The van der Waals surface area contributed by atoms with E-state index in [0.29, 0.717) is 23.7 Å². The molecular formula is C13H9F3O2. The molecule has 2 nitrogen and oxygen atoms in total. The van der Waals surface area contributed by atoms with Crippen LogP contribution in [0.5, 0.6) is 0 Å². The lowest BCUT2D eigenvalue weighted by Gasteiger charge is -2.02. The normalized spacial score (nSPS) is 10.7. The highest BCUT2D eigenvalue weighted by atomic mass is 19.2. The number of carbonyl (C=O) groups is 1. The Labute approximate surface area is 101 Å². The lowest BCUT2D eigenvalue weighted by atomic mass is 10.0. The molecule has 0 N–H and O–H groups in total. The van der Waals surface area contributed by atoms with Crippen molar-refractivity contribution in [2.24, 2.45) is 0 Å². The van der Waals surface area contributed by atoms with Crippen LogP contribution in [0.25, 0.3) is 0 Å². The minimum atomic E-state index is -1.33. The largest absolute Gasteiger partial charge is 0.466 e. The summed E-state index contributed by atoms with van der Waals surface area (Å²) in [6, 6.07) is 2.33. The van der Waals surface area contributed by atoms with Gasteiger partial charge in [-0.1, -0.05) is 0 Å². The Balaban J connectivity index is 2.53. The van der Waals surface area contributed by atoms with Crippen molar-refractivity contribution in [3.63, 3.8) is 0 Å². The zero-order valence-electron chi connectivity index (χ0n) is 9.68. The van der Waals surface area contributed by atoms with E-state index in [9.17, 15) is 18.0 Å². The van der Waals surface area contributed by atoms with Crippen LogP contribution in [0, 0.1) is 31.3 Å². The SMILES string of the molecule is Cc1cc(C(=O)c2cc(F)c(F)cc2F)c(C)o1. The minimum Gasteiger partial charge on any atom is -0.466 e. The van der Waals surface area contributed by atoms with E-state index in [4.69, 9.17) is 4.42 Å². The lowest BCUT2D eigenvalue weighted by Crippen LogP contribution is -2.06. The van der Waals surface area contributed by atoms with Crippen molar-refractivity contribution in [1.82, 2.24) is 0 Å². The van der Waals surface area contributed by atoms with E-state index in [0.717, 1.165) is 0 Å². The van der Waals surface area contributed by atoms with Gasteiger partial charge in [0.05, 0.1) is 11.1 Å². The van der Waals surface area contributed by atoms with Gasteiger partial charge in [0.15, 0.2) is 17.4 Å². The molecule has 1 heterocycles. The highest BCUT2D eigenvalue weighted by Crippen LogP contribution is 2.21. The van der Waals surface area contributed by atoms with Crippen LogP contribution in [-0.2, 0) is 0 Å². The number of carbonyl (C=O) groups excluding carboxylic acids is 1. The van der Waals surface area contributed by atoms with Crippen LogP contribution >= 0.6 is 0 Å². The molecule has 0 radical (unpaired) electrons. The number of benzene rings is 1. The summed E-state index contributed by atoms with van der Waals surface area (Å²) < 4.78 is 44.4. The second-order valence-electron chi connectivity index (χ2n) is 3.90. The Morgan fingerprint density at radius 1 is 0.944 bits per heavy atom. The van der Waals surface area contributed by atoms with Gasteiger partial charge in [0.2, 0.25) is 0 Å². The summed E-state index contributed by atoms with van der Waals surface area (Å²) in [5.41, 5.74) is -0.379. The summed E-state index contributed by atoms with van der Waals surface area (Å²) in [6.07, 6.45) is 0. The highest BCUT2D eigenvalue weighted by molar-refractivity contribution is 6.09. The number of ketones is 1. The predicted molar refractivity (Wildman–Crippen MR) is 57.9 cm³/mol. The van der Waals surface area contributed by atoms with Crippen LogP contribution in [0.15, 0.2) is 22.6 Å². The lowest BCUT2D eigenvalue weighted by molar-refractivity contribution is 0.103. The molecule has 0 atom stereocenters. The zero-order chi connectivity index (χ0) is 13.4. The molecule has 0 aliphatic heterocycles. The Morgan fingerprint density at radius 2 is 1.56 bits per heavy atom. The van der Waals surface area contributed by atoms with E-state index >= 15 is 0 Å². The summed E-state index contributed by atoms with van der Waals surface area (Å²) in [7, 11) is 0. The van der Waals surface area contributed by atoms with Gasteiger partial charge >= 0.3 is 0 Å². The van der Waals surface area contributed by atoms with Crippen LogP contribution in [0.1, 0.15) is 27.4 Å². The van der Waals surface area contributed by atoms with Crippen molar-refractivity contribution in [2.45, 2.75) is 13.8 Å². The first kappa shape index (κ1) is 12.4. The Morgan fingerprint density at radius 3 is 2.11 bits per heavy atom. The molecule has 1 aromatic heterocycles. The van der Waals surface area contributed by atoms with Gasteiger partial charge in [-0.2, -0.15) is 0 Å². The monoisotopic (exact) mass is 254 g/mol. The van der Waals surface area contributed by atoms with Crippen molar-refractivity contribution in [3.8, 4) is 0 Å². The van der Waals surface area contributed by atoms with Crippen molar-refractivity contribution in [3.05, 3.63) is 58.3 Å². The van der Waals surface area contributed by atoms with Gasteiger partial charge in [0, 0.05) is 6.07 Å². The average Bonchev–Trinajstić information content (AvgIpc) is 2.62. The fourth-order valence-corrected chi connectivity index (χ4v) is 1.70. The summed E-state index contributed by atoms with van der Waals surface area (Å²) in [4.78, 5) is 12.0. The molecule has 0 aliphatic rings. The molecule has 0 saturated heterocycles. The van der Waals surface area contributed by atoms with Gasteiger partial charge in [-0.3, -0.25) is 4.79 Å². The van der Waals surface area contributed by atoms with E-state index in [2.05, 4.69) is 0 Å². The number of hydrogen-bond donors (Lipinski definition) is 0. The molecule has 1 aromatic carbocycles. The first-order valence-electron chi connectivity index (χ1n) is 5.16. The van der Waals surface area contributed by atoms with Crippen LogP contribution in [0.2, 0.25) is 0 Å². The number of furan rings is 1. The Kier molecular flexibility index (Phi) is 2.98. The summed E-state index contributed by atoms with van der Waals surface area (Å²) >= 11 is 0. The molecule has 5 heteroatoms. The smallest absolute Gasteiger partial charge is 0.199 e. The second kappa shape index (κ2) is 4.33. The van der Waals surface area contributed by atoms with E-state index in [1.807, 2.05) is 0 Å². The highest BCUT2D eigenvalue weighted by Gasteiger charge is 2.21. The molecular weight excluding hydrogens is 245 g/mol. The maximum atomic E-state index is 13.4. The van der Waals surface area contributed by atoms with Gasteiger partial charge in [-0.15, -0.1) is 0 Å². The van der Waals surface area contributed by atoms with Crippen molar-refractivity contribution < 1.29 is 22.4 Å². The Hall–Kier alpha value is -2.04. The van der Waals surface area contributed by atoms with Crippen LogP contribution in [-0.4, -0.2) is 5.78 Å². The minimum absolute atomic E-state index is 0.136. The number of rotatable bonds is 2. The fraction of sp³-hybridized carbons (Fsp3) is 0.154. The molecule has 0 saturated carbocycles. The number of aryl methyl sites for hydroxylation is 2. The van der Waals surface area contributed by atoms with E-state index in [1.54, 1.807) is 6.92 Å². The second-order valence-corrected chi connectivity index (χ2v) is 3.90. The Bertz CT molecular complexity index is 629. The fourth-order valence-electron chi connectivity index (χ4n) is 1.70. The van der Waals surface area contributed by atoms with Gasteiger partial charge in [0.1, 0.15) is 17.3 Å². The summed E-state index contributed by atoms with van der Waals surface area (Å²) in [5, 5.41) is 0. The maximum Gasteiger partial charge on any atom is 0.199 e. The summed E-state index contributed by atoms with van der Waals surface area (Å²) in [5.74, 6) is -3.64. The van der Waals surface area contributed by atoms with Crippen LogP contribution in [0.3, 0.4) is 0 Å². The number of halogens is 3. The van der Waals surface area contributed by atoms with Crippen molar-refractivity contribution >= 4 is 5.78 Å². The molecule has 94 valence electrons. The van der Waals surface area contributed by atoms with Gasteiger partial charge in [-0.25, -0.2) is 13.2 Å². The quantitative estimate of drug-likeness (QED) is 0.606. The molecule has 2 aromatic rings. The zero-order valence-corrected chi connectivity index (χ0v) is 9.68. The third-order valence-electron chi connectivity index (χ3n) is 2.54. The molecule has 0 amide bonds. The van der Waals surface area contributed by atoms with Gasteiger partial charge in [0.25, 0.3) is 0 Å². The molecule has 18 heavy (non-hydrogen) atoms. The molecule has 0 unspecified atom stereocenters. The standard InChI is InChI=1S/C13H9F3O2/c1-6-3-8(7(2)18-6)13(17)9-4-11(15)12(16)5-10(9)14/h3-5H,1-2H3. The van der Waals surface area contributed by atoms with E-state index in [-0.39, 0.29) is 5.56 Å². The van der Waals surface area contributed by atoms with E-state index < -0.39 is 28.8 Å². The third-order valence-corrected chi connectivity index (χ3v) is 2.54. The van der Waals surface area contributed by atoms with Gasteiger partial charge in [-0.05, 0) is 26.0 Å². The molecule has 2 rings (SSSR count). The van der Waals surface area contributed by atoms with Gasteiger partial charge < -0.3 is 4.42 Å². The first-order valence-corrected chi connectivity index (χ1v) is 5.16. The van der Waals surface area contributed by atoms with Crippen molar-refractivity contribution in [1.29, 1.82) is 0 Å². The summed E-state index contributed by atoms with van der Waals surface area (Å²) in [6.45, 7) is 3.17. The van der Waals surface area contributed by atoms with E-state index in [1.165, 1.54) is 13.0 Å². The van der Waals surface area contributed by atoms with Crippen LogP contribution in [0.4, 0.5) is 13.2 Å². The molecule has 0 bridgehead atoms. The molecule has 0 fully saturated rings. The van der Waals surface area contributed by atoms with Crippen molar-refractivity contribution in [2.75, 3.05) is 0 Å². The maximum absolute atomic E-state index is 13.4. The first-order chi connectivity index (χ1) is 8.40. The molecule has 0 spiro atoms.